The van der Waals surface area contributed by atoms with Gasteiger partial charge < -0.3 is 10.1 Å². The van der Waals surface area contributed by atoms with Gasteiger partial charge in [-0.15, -0.1) is 0 Å². The van der Waals surface area contributed by atoms with Crippen molar-refractivity contribution in [2.24, 2.45) is 5.92 Å². The molecule has 170 valence electrons. The number of carbonyl (C=O) groups is 1. The first kappa shape index (κ1) is 24.8. The molecular formula is C20H22ClF3N2O4S. The number of hydrogen-bond donors (Lipinski definition) is 2. The minimum Gasteiger partial charge on any atom is -0.481 e. The van der Waals surface area contributed by atoms with Gasteiger partial charge in [-0.2, -0.15) is 13.2 Å². The number of hydrogen-bond acceptors (Lipinski definition) is 4. The molecule has 2 aromatic carbocycles. The number of ether oxygens (including phenoxy) is 1. The van der Waals surface area contributed by atoms with Crippen LogP contribution in [0, 0.1) is 5.92 Å². The lowest BCUT2D eigenvalue weighted by Gasteiger charge is -2.17. The summed E-state index contributed by atoms with van der Waals surface area (Å²) in [7, 11) is -4.32. The fourth-order valence-electron chi connectivity index (χ4n) is 2.45. The summed E-state index contributed by atoms with van der Waals surface area (Å²) in [6, 6.07) is 7.69. The van der Waals surface area contributed by atoms with E-state index in [4.69, 9.17) is 16.3 Å². The van der Waals surface area contributed by atoms with Gasteiger partial charge in [0, 0.05) is 11.6 Å². The number of alkyl halides is 3. The van der Waals surface area contributed by atoms with Crippen molar-refractivity contribution in [3.8, 4) is 5.75 Å². The minimum absolute atomic E-state index is 0.177. The van der Waals surface area contributed by atoms with E-state index in [1.165, 1.54) is 24.3 Å². The van der Waals surface area contributed by atoms with E-state index in [0.29, 0.717) is 12.6 Å². The average molecular weight is 479 g/mol. The molecule has 0 fully saturated rings. The molecule has 0 aliphatic carbocycles. The Balaban J connectivity index is 2.15. The summed E-state index contributed by atoms with van der Waals surface area (Å²) in [5.41, 5.74) is -1.85. The highest BCUT2D eigenvalue weighted by Crippen LogP contribution is 2.37. The van der Waals surface area contributed by atoms with Gasteiger partial charge in [-0.1, -0.05) is 25.4 Å². The normalized spacial score (nSPS) is 13.0. The van der Waals surface area contributed by atoms with Gasteiger partial charge in [0.25, 0.3) is 15.9 Å². The van der Waals surface area contributed by atoms with Crippen LogP contribution >= 0.6 is 11.6 Å². The number of sulfonamides is 1. The second kappa shape index (κ2) is 9.78. The molecule has 0 aliphatic rings. The topological polar surface area (TPSA) is 84.5 Å². The molecule has 0 unspecified atom stereocenters. The Morgan fingerprint density at radius 1 is 1.10 bits per heavy atom. The molecule has 1 atom stereocenters. The Morgan fingerprint density at radius 3 is 2.26 bits per heavy atom. The highest BCUT2D eigenvalue weighted by atomic mass is 35.5. The van der Waals surface area contributed by atoms with E-state index in [0.717, 1.165) is 12.1 Å². The number of amides is 1. The maximum atomic E-state index is 13.2. The van der Waals surface area contributed by atoms with Gasteiger partial charge in [0.2, 0.25) is 0 Å². The van der Waals surface area contributed by atoms with Crippen LogP contribution in [0.4, 0.5) is 18.9 Å². The van der Waals surface area contributed by atoms with Crippen molar-refractivity contribution in [1.29, 1.82) is 0 Å². The largest absolute Gasteiger partial charge is 0.481 e. The zero-order valence-corrected chi connectivity index (χ0v) is 18.5. The van der Waals surface area contributed by atoms with Crippen molar-refractivity contribution in [2.45, 2.75) is 37.9 Å². The standard InChI is InChI=1S/C20H22ClF3N2O4S/c1-12(2)11-25-19(27)13(3)30-15-5-7-16(8-6-15)31(28,29)26-18-9-4-14(21)10-17(18)20(22,23)24/h4-10,12-13,26H,11H2,1-3H3,(H,25,27)/t13-/m0/s1. The smallest absolute Gasteiger partial charge is 0.418 e. The predicted octanol–water partition coefficient (Wildman–Crippen LogP) is 4.70. The molecule has 11 heteroatoms. The first-order valence-corrected chi connectivity index (χ1v) is 11.1. The second-order valence-corrected chi connectivity index (χ2v) is 9.28. The van der Waals surface area contributed by atoms with Crippen LogP contribution < -0.4 is 14.8 Å². The van der Waals surface area contributed by atoms with Crippen molar-refractivity contribution >= 4 is 33.2 Å². The summed E-state index contributed by atoms with van der Waals surface area (Å²) in [5, 5.41) is 2.54. The number of anilines is 1. The Morgan fingerprint density at radius 2 is 1.71 bits per heavy atom. The van der Waals surface area contributed by atoms with Crippen LogP contribution in [0.1, 0.15) is 26.3 Å². The lowest BCUT2D eigenvalue weighted by molar-refractivity contribution is -0.136. The first-order valence-electron chi connectivity index (χ1n) is 9.23. The molecule has 1 amide bonds. The molecule has 6 nitrogen and oxygen atoms in total. The molecule has 0 aromatic heterocycles. The molecule has 0 saturated carbocycles. The van der Waals surface area contributed by atoms with Gasteiger partial charge in [-0.25, -0.2) is 8.42 Å². The fraction of sp³-hybridized carbons (Fsp3) is 0.350. The third-order valence-corrected chi connectivity index (χ3v) is 5.65. The van der Waals surface area contributed by atoms with Gasteiger partial charge >= 0.3 is 6.18 Å². The van der Waals surface area contributed by atoms with Crippen molar-refractivity contribution < 1.29 is 31.1 Å². The molecule has 0 saturated heterocycles. The van der Waals surface area contributed by atoms with Crippen molar-refractivity contribution in [3.63, 3.8) is 0 Å². The molecule has 2 rings (SSSR count). The number of benzene rings is 2. The van der Waals surface area contributed by atoms with Crippen molar-refractivity contribution in [3.05, 3.63) is 53.1 Å². The first-order chi connectivity index (χ1) is 14.3. The maximum absolute atomic E-state index is 13.2. The lowest BCUT2D eigenvalue weighted by Crippen LogP contribution is -2.38. The van der Waals surface area contributed by atoms with Gasteiger partial charge in [0.1, 0.15) is 5.75 Å². The van der Waals surface area contributed by atoms with Crippen LogP contribution in [0.2, 0.25) is 5.02 Å². The third kappa shape index (κ3) is 7.03. The molecular weight excluding hydrogens is 457 g/mol. The van der Waals surface area contributed by atoms with Crippen LogP contribution in [0.15, 0.2) is 47.4 Å². The monoisotopic (exact) mass is 478 g/mol. The van der Waals surface area contributed by atoms with Gasteiger partial charge in [0.15, 0.2) is 6.10 Å². The second-order valence-electron chi connectivity index (χ2n) is 7.16. The molecule has 31 heavy (non-hydrogen) atoms. The van der Waals surface area contributed by atoms with Crippen LogP contribution in [0.25, 0.3) is 0 Å². The van der Waals surface area contributed by atoms with E-state index in [-0.39, 0.29) is 27.5 Å². The fourth-order valence-corrected chi connectivity index (χ4v) is 3.70. The number of carbonyl (C=O) groups excluding carboxylic acids is 1. The van der Waals surface area contributed by atoms with E-state index in [9.17, 15) is 26.4 Å². The molecule has 0 spiro atoms. The SMILES string of the molecule is CC(C)CNC(=O)[C@H](C)Oc1ccc(S(=O)(=O)Nc2ccc(Cl)cc2C(F)(F)F)cc1. The van der Waals surface area contributed by atoms with Crippen LogP contribution in [-0.4, -0.2) is 27.0 Å². The Kier molecular flexibility index (Phi) is 7.82. The Bertz CT molecular complexity index is 1030. The molecule has 0 bridgehead atoms. The summed E-state index contributed by atoms with van der Waals surface area (Å²) in [6.07, 6.45) is -5.62. The van der Waals surface area contributed by atoms with Gasteiger partial charge in [-0.3, -0.25) is 9.52 Å². The maximum Gasteiger partial charge on any atom is 0.418 e. The van der Waals surface area contributed by atoms with Gasteiger partial charge in [-0.05, 0) is 55.3 Å². The predicted molar refractivity (Wildman–Crippen MR) is 112 cm³/mol. The quantitative estimate of drug-likeness (QED) is 0.576. The summed E-state index contributed by atoms with van der Waals surface area (Å²) in [5.74, 6) is 0.176. The van der Waals surface area contributed by atoms with E-state index in [1.54, 1.807) is 6.92 Å². The molecule has 0 aliphatic heterocycles. The van der Waals surface area contributed by atoms with Gasteiger partial charge in [0.05, 0.1) is 16.1 Å². The third-order valence-electron chi connectivity index (χ3n) is 4.03. The van der Waals surface area contributed by atoms with E-state index in [2.05, 4.69) is 5.32 Å². The highest BCUT2D eigenvalue weighted by molar-refractivity contribution is 7.92. The Hall–Kier alpha value is -2.46. The Labute approximate surface area is 183 Å². The molecule has 2 aromatic rings. The van der Waals surface area contributed by atoms with E-state index >= 15 is 0 Å². The summed E-state index contributed by atoms with van der Waals surface area (Å²) in [4.78, 5) is 11.7. The minimum atomic E-state index is -4.80. The van der Waals surface area contributed by atoms with Crippen LogP contribution in [-0.2, 0) is 21.0 Å². The van der Waals surface area contributed by atoms with E-state index in [1.807, 2.05) is 18.6 Å². The zero-order chi connectivity index (χ0) is 23.4. The molecule has 0 radical (unpaired) electrons. The zero-order valence-electron chi connectivity index (χ0n) is 17.0. The number of halogens is 4. The van der Waals surface area contributed by atoms with E-state index < -0.39 is 33.6 Å². The number of nitrogens with one attached hydrogen (secondary N) is 2. The summed E-state index contributed by atoms with van der Waals surface area (Å²) < 4.78 is 72.1. The summed E-state index contributed by atoms with van der Waals surface area (Å²) in [6.45, 7) is 5.92. The highest BCUT2D eigenvalue weighted by Gasteiger charge is 2.35. The average Bonchev–Trinajstić information content (AvgIpc) is 2.66. The summed E-state index contributed by atoms with van der Waals surface area (Å²) >= 11 is 5.61. The molecule has 2 N–H and O–H groups in total. The van der Waals surface area contributed by atoms with Crippen molar-refractivity contribution in [1.82, 2.24) is 5.32 Å². The lowest BCUT2D eigenvalue weighted by atomic mass is 10.2. The van der Waals surface area contributed by atoms with Crippen molar-refractivity contribution in [2.75, 3.05) is 11.3 Å². The van der Waals surface area contributed by atoms with Crippen LogP contribution in [0.3, 0.4) is 0 Å². The van der Waals surface area contributed by atoms with Crippen LogP contribution in [0.5, 0.6) is 5.75 Å². The number of rotatable bonds is 8. The molecule has 0 heterocycles.